The minimum absolute atomic E-state index is 0.00887. The third-order valence-corrected chi connectivity index (χ3v) is 13.7. The first kappa shape index (κ1) is 107. The molecule has 0 aromatic rings. The van der Waals surface area contributed by atoms with Crippen LogP contribution >= 0.6 is 0 Å². The molecule has 6 N–H and O–H groups in total. The van der Waals surface area contributed by atoms with Crippen molar-refractivity contribution in [2.24, 2.45) is 0 Å². The Kier molecular flexibility index (Phi) is 74.1. The number of carbonyl (C=O) groups is 13. The van der Waals surface area contributed by atoms with Crippen LogP contribution in [0, 0.1) is 0 Å². The number of ketones is 1. The smallest absolute Gasteiger partial charge is 0.407 e. The highest BCUT2D eigenvalue weighted by Crippen LogP contribution is 1.99. The zero-order chi connectivity index (χ0) is 84.5. The van der Waals surface area contributed by atoms with Gasteiger partial charge in [0.2, 0.25) is 11.8 Å². The van der Waals surface area contributed by atoms with Crippen molar-refractivity contribution in [1.29, 1.82) is 0 Å². The van der Waals surface area contributed by atoms with Crippen LogP contribution in [0.15, 0.2) is 0 Å². The van der Waals surface area contributed by atoms with E-state index in [-0.39, 0.29) is 289 Å². The Balaban J connectivity index is 4.73. The number of Topliss-reactive ketones (excluding diaryl/α,β-unsaturated/α-hetero) is 1. The lowest BCUT2D eigenvalue weighted by Gasteiger charge is -2.21. The van der Waals surface area contributed by atoms with Gasteiger partial charge in [-0.25, -0.2) is 47.9 Å². The summed E-state index contributed by atoms with van der Waals surface area (Å²) >= 11 is 0. The van der Waals surface area contributed by atoms with E-state index in [1.807, 2.05) is 27.7 Å². The molecule has 115 heavy (non-hydrogen) atoms. The molecular weight excluding hydrogens is 1540 g/mol. The molecule has 44 heteroatoms. The van der Waals surface area contributed by atoms with Crippen molar-refractivity contribution >= 4 is 77.8 Å². The van der Waals surface area contributed by atoms with E-state index in [4.69, 9.17) is 104 Å². The van der Waals surface area contributed by atoms with Gasteiger partial charge in [0, 0.05) is 78.5 Å². The molecule has 0 radical (unpaired) electrons. The Bertz CT molecular complexity index is 2310. The van der Waals surface area contributed by atoms with Crippen molar-refractivity contribution in [3.05, 3.63) is 0 Å². The van der Waals surface area contributed by atoms with Crippen LogP contribution in [0.3, 0.4) is 0 Å². The summed E-state index contributed by atoms with van der Waals surface area (Å²) in [6.07, 6.45) is 0.618. The summed E-state index contributed by atoms with van der Waals surface area (Å²) in [6, 6.07) is 0. The van der Waals surface area contributed by atoms with Gasteiger partial charge in [0.25, 0.3) is 0 Å². The van der Waals surface area contributed by atoms with E-state index < -0.39 is 85.2 Å². The molecule has 0 rings (SSSR count). The Morgan fingerprint density at radius 1 is 0.209 bits per heavy atom. The number of nitrogens with zero attached hydrogens (tertiary/aromatic N) is 3. The quantitative estimate of drug-likeness (QED) is 0.0212. The second-order valence-corrected chi connectivity index (χ2v) is 23.8. The van der Waals surface area contributed by atoms with Crippen LogP contribution in [0.2, 0.25) is 0 Å². The van der Waals surface area contributed by atoms with E-state index in [0.717, 1.165) is 0 Å². The third-order valence-electron chi connectivity index (χ3n) is 13.7. The number of esters is 6. The molecular formula is C71H127N9O35. The van der Waals surface area contributed by atoms with Gasteiger partial charge in [-0.05, 0) is 32.6 Å². The van der Waals surface area contributed by atoms with Crippen molar-refractivity contribution in [3.63, 3.8) is 0 Å². The lowest BCUT2D eigenvalue weighted by atomic mass is 10.4. The van der Waals surface area contributed by atoms with Crippen molar-refractivity contribution in [2.45, 2.75) is 60.3 Å². The third kappa shape index (κ3) is 76.9. The maximum absolute atomic E-state index is 12.9. The number of ether oxygens (including phenoxy) is 22. The van der Waals surface area contributed by atoms with Crippen LogP contribution in [-0.4, -0.2) is 415 Å². The molecule has 0 spiro atoms. The van der Waals surface area contributed by atoms with E-state index in [1.165, 1.54) is 6.92 Å². The fourth-order valence-corrected chi connectivity index (χ4v) is 8.29. The number of hydrogen-bond acceptors (Lipinski definition) is 38. The van der Waals surface area contributed by atoms with Crippen molar-refractivity contribution < 1.29 is 167 Å². The number of carbonyl (C=O) groups excluding carboxylic acids is 13. The molecule has 0 saturated heterocycles. The van der Waals surface area contributed by atoms with Crippen LogP contribution in [0.5, 0.6) is 0 Å². The minimum Gasteiger partial charge on any atom is -0.463 e. The molecule has 0 heterocycles. The molecule has 6 amide bonds. The topological polar surface area (TPSA) is 507 Å². The number of alkyl carbamates (subject to hydrolysis) is 4. The fraction of sp³-hybridized carbons (Fsp3) is 0.817. The van der Waals surface area contributed by atoms with Crippen LogP contribution in [0.25, 0.3) is 0 Å². The largest absolute Gasteiger partial charge is 0.463 e. The average Bonchev–Trinajstić information content (AvgIpc) is 0.957. The first-order chi connectivity index (χ1) is 55.8. The van der Waals surface area contributed by atoms with Gasteiger partial charge in [-0.15, -0.1) is 0 Å². The van der Waals surface area contributed by atoms with Gasteiger partial charge in [0.05, 0.1) is 165 Å². The van der Waals surface area contributed by atoms with Crippen molar-refractivity contribution in [2.75, 3.05) is 323 Å². The summed E-state index contributed by atoms with van der Waals surface area (Å²) in [6.45, 7) is 10.5. The van der Waals surface area contributed by atoms with Gasteiger partial charge in [-0.3, -0.25) is 29.1 Å². The predicted molar refractivity (Wildman–Crippen MR) is 400 cm³/mol. The SMILES string of the molecule is CCCOC(=O)NCCOCCOCC(=O)OCCN(CCOC(=O)COCCOCCNC(=O)OCCC)CC(=O)NCCOCCOCC(=O)OCCN(CCOC(=O)COCCOCCNC(=O)CN(CCOC(=O)COCCOCCNC(=O)OCCC)CCOC(=O)COCCOCCNC(=O)OCCC)CC(C)=O. The molecule has 0 saturated carbocycles. The van der Waals surface area contributed by atoms with Crippen molar-refractivity contribution in [3.8, 4) is 0 Å². The number of nitrogens with one attached hydrogen (secondary N) is 6. The molecule has 666 valence electrons. The highest BCUT2D eigenvalue weighted by molar-refractivity contribution is 5.79. The van der Waals surface area contributed by atoms with Crippen LogP contribution in [-0.2, 0) is 147 Å². The Hall–Kier alpha value is -8.09. The summed E-state index contributed by atoms with van der Waals surface area (Å²) < 4.78 is 116. The van der Waals surface area contributed by atoms with Crippen LogP contribution < -0.4 is 31.9 Å². The lowest BCUT2D eigenvalue weighted by molar-refractivity contribution is -0.152. The Morgan fingerprint density at radius 2 is 0.391 bits per heavy atom. The standard InChI is InChI=1S/C71H127N9O35/c1-6-22-112-68(90)74-12-28-96-40-46-102-55-64(86)108-34-18-79(19-35-109-65(87)56-103-47-41-97-29-13-75-69(91)113-23-7-2)51-60(82)72-10-26-94-38-44-100-53-62(84)106-32-16-78(50-59(5)81)17-33-107-63(85)54-101-45-39-95-27-11-73-61(83)52-80(20-36-110-66(88)57-104-48-42-98-30-14-76-70(92)114-24-8-3)21-37-111-67(89)58-105-49-43-99-31-15-77-71(93)115-25-9-4/h6-58H2,1-5H3,(H,72,82)(H,73,83)(H,74,90)(H,75,91)(H,76,92)(H,77,93). The molecule has 0 aliphatic carbocycles. The predicted octanol–water partition coefficient (Wildman–Crippen LogP) is -2.28. The molecule has 44 nitrogen and oxygen atoms in total. The Morgan fingerprint density at radius 3 is 0.583 bits per heavy atom. The van der Waals surface area contributed by atoms with Gasteiger partial charge >= 0.3 is 60.2 Å². The van der Waals surface area contributed by atoms with Gasteiger partial charge in [-0.1, -0.05) is 27.7 Å². The maximum atomic E-state index is 12.9. The normalized spacial score (nSPS) is 11.0. The summed E-state index contributed by atoms with van der Waals surface area (Å²) in [5.74, 6) is -5.06. The number of rotatable bonds is 80. The van der Waals surface area contributed by atoms with E-state index in [1.54, 1.807) is 14.7 Å². The van der Waals surface area contributed by atoms with Gasteiger partial charge < -0.3 is 136 Å². The molecule has 0 aliphatic heterocycles. The van der Waals surface area contributed by atoms with Crippen molar-refractivity contribution in [1.82, 2.24) is 46.6 Å². The number of hydrogen-bond donors (Lipinski definition) is 6. The lowest BCUT2D eigenvalue weighted by Crippen LogP contribution is -2.41. The molecule has 0 aliphatic rings. The zero-order valence-electron chi connectivity index (χ0n) is 67.6. The second-order valence-electron chi connectivity index (χ2n) is 23.8. The summed E-state index contributed by atoms with van der Waals surface area (Å²) in [5, 5.41) is 15.6. The van der Waals surface area contributed by atoms with Crippen LogP contribution in [0.1, 0.15) is 60.3 Å². The summed E-state index contributed by atoms with van der Waals surface area (Å²) in [4.78, 5) is 163. The van der Waals surface area contributed by atoms with Gasteiger partial charge in [-0.2, -0.15) is 0 Å². The van der Waals surface area contributed by atoms with E-state index in [0.29, 0.717) is 52.1 Å². The van der Waals surface area contributed by atoms with Crippen LogP contribution in [0.4, 0.5) is 19.2 Å². The highest BCUT2D eigenvalue weighted by Gasteiger charge is 2.18. The van der Waals surface area contributed by atoms with Gasteiger partial charge in [0.15, 0.2) is 0 Å². The minimum atomic E-state index is -0.683. The maximum Gasteiger partial charge on any atom is 0.407 e. The summed E-state index contributed by atoms with van der Waals surface area (Å²) in [5.41, 5.74) is 0. The van der Waals surface area contributed by atoms with Gasteiger partial charge in [0.1, 0.15) is 85.1 Å². The molecule has 0 aromatic heterocycles. The monoisotopic (exact) mass is 1670 g/mol. The highest BCUT2D eigenvalue weighted by atomic mass is 16.6. The van der Waals surface area contributed by atoms with E-state index >= 15 is 0 Å². The molecule has 0 atom stereocenters. The first-order valence-corrected chi connectivity index (χ1v) is 38.5. The first-order valence-electron chi connectivity index (χ1n) is 38.5. The average molecular weight is 1670 g/mol. The fourth-order valence-electron chi connectivity index (χ4n) is 8.29. The zero-order valence-corrected chi connectivity index (χ0v) is 67.6. The van der Waals surface area contributed by atoms with E-state index in [2.05, 4.69) is 31.9 Å². The molecule has 0 unspecified atom stereocenters. The summed E-state index contributed by atoms with van der Waals surface area (Å²) in [7, 11) is 0. The Labute approximate surface area is 671 Å². The number of amides is 6. The molecule has 0 bridgehead atoms. The second kappa shape index (κ2) is 79.7. The molecule has 0 fully saturated rings. The van der Waals surface area contributed by atoms with E-state index in [9.17, 15) is 62.3 Å². The molecule has 0 aromatic carbocycles.